The van der Waals surface area contributed by atoms with Crippen LogP contribution in [0.4, 0.5) is 19.6 Å². The fraction of sp³-hybridized carbons (Fsp3) is 0.217. The number of hydrogen-bond acceptors (Lipinski definition) is 6. The summed E-state index contributed by atoms with van der Waals surface area (Å²) in [5, 5.41) is 7.09. The van der Waals surface area contributed by atoms with Gasteiger partial charge in [-0.05, 0) is 36.8 Å². The lowest BCUT2D eigenvalue weighted by atomic mass is 9.81. The number of hydrogen-bond donors (Lipinski definition) is 3. The summed E-state index contributed by atoms with van der Waals surface area (Å²) in [6.45, 7) is 2.46. The van der Waals surface area contributed by atoms with Crippen molar-refractivity contribution in [2.45, 2.75) is 12.3 Å². The van der Waals surface area contributed by atoms with E-state index in [2.05, 4.69) is 21.5 Å². The third-order valence-corrected chi connectivity index (χ3v) is 5.69. The van der Waals surface area contributed by atoms with E-state index in [1.165, 1.54) is 0 Å². The SMILES string of the molecule is C#C[C@@](C)(c1ccc(OC)cc1)c1csc(NC(=O)c2c(F)cc(NCCN)cc2F)n1. The number of ether oxygens (including phenoxy) is 1. The summed E-state index contributed by atoms with van der Waals surface area (Å²) >= 11 is 1.11. The van der Waals surface area contributed by atoms with Crippen LogP contribution in [0.25, 0.3) is 0 Å². The van der Waals surface area contributed by atoms with Crippen molar-refractivity contribution in [3.05, 3.63) is 70.2 Å². The van der Waals surface area contributed by atoms with Crippen LogP contribution in [-0.2, 0) is 5.41 Å². The van der Waals surface area contributed by atoms with Crippen LogP contribution in [0.2, 0.25) is 0 Å². The molecule has 6 nitrogen and oxygen atoms in total. The molecule has 0 aliphatic heterocycles. The molecule has 0 saturated heterocycles. The monoisotopic (exact) mass is 456 g/mol. The molecule has 1 heterocycles. The lowest BCUT2D eigenvalue weighted by Gasteiger charge is -2.22. The largest absolute Gasteiger partial charge is 0.497 e. The predicted octanol–water partition coefficient (Wildman–Crippen LogP) is 3.99. The van der Waals surface area contributed by atoms with Gasteiger partial charge in [0.15, 0.2) is 5.13 Å². The number of carbonyl (C=O) groups excluding carboxylic acids is 1. The first kappa shape index (κ1) is 23.2. The summed E-state index contributed by atoms with van der Waals surface area (Å²) in [5.74, 6) is 0.494. The number of thiazole rings is 1. The minimum Gasteiger partial charge on any atom is -0.497 e. The number of rotatable bonds is 8. The Morgan fingerprint density at radius 2 is 1.94 bits per heavy atom. The van der Waals surface area contributed by atoms with Gasteiger partial charge in [0, 0.05) is 24.2 Å². The number of terminal acetylenes is 1. The van der Waals surface area contributed by atoms with E-state index in [9.17, 15) is 13.6 Å². The van der Waals surface area contributed by atoms with Crippen LogP contribution in [-0.4, -0.2) is 31.1 Å². The van der Waals surface area contributed by atoms with Crippen LogP contribution in [0.5, 0.6) is 5.75 Å². The van der Waals surface area contributed by atoms with E-state index < -0.39 is 28.5 Å². The minimum absolute atomic E-state index is 0.170. The first-order valence-corrected chi connectivity index (χ1v) is 10.5. The topological polar surface area (TPSA) is 89.3 Å². The third-order valence-electron chi connectivity index (χ3n) is 4.94. The molecule has 2 aromatic carbocycles. The van der Waals surface area contributed by atoms with Gasteiger partial charge in [-0.2, -0.15) is 0 Å². The number of anilines is 2. The second-order valence-corrected chi connectivity index (χ2v) is 7.88. The van der Waals surface area contributed by atoms with Gasteiger partial charge in [0.05, 0.1) is 18.2 Å². The average molecular weight is 457 g/mol. The number of halogens is 2. The molecule has 0 radical (unpaired) electrons. The Morgan fingerprint density at radius 3 is 2.50 bits per heavy atom. The summed E-state index contributed by atoms with van der Waals surface area (Å²) in [5.41, 5.74) is 5.32. The van der Waals surface area contributed by atoms with Crippen LogP contribution in [0, 0.1) is 24.0 Å². The third kappa shape index (κ3) is 4.72. The molecular weight excluding hydrogens is 434 g/mol. The van der Waals surface area contributed by atoms with Gasteiger partial charge < -0.3 is 15.8 Å². The van der Waals surface area contributed by atoms with Crippen molar-refractivity contribution in [3.8, 4) is 18.1 Å². The van der Waals surface area contributed by atoms with Crippen LogP contribution in [0.1, 0.15) is 28.5 Å². The van der Waals surface area contributed by atoms with Gasteiger partial charge in [0.1, 0.15) is 22.9 Å². The van der Waals surface area contributed by atoms with Gasteiger partial charge in [-0.25, -0.2) is 13.8 Å². The highest BCUT2D eigenvalue weighted by atomic mass is 32.1. The highest BCUT2D eigenvalue weighted by Gasteiger charge is 2.30. The Kier molecular flexibility index (Phi) is 7.08. The van der Waals surface area contributed by atoms with E-state index in [0.717, 1.165) is 29.0 Å². The number of aromatic nitrogens is 1. The normalized spacial score (nSPS) is 12.5. The zero-order valence-corrected chi connectivity index (χ0v) is 18.4. The molecule has 3 rings (SSSR count). The minimum atomic E-state index is -0.995. The van der Waals surface area contributed by atoms with Gasteiger partial charge in [0.2, 0.25) is 0 Å². The van der Waals surface area contributed by atoms with Crippen molar-refractivity contribution >= 4 is 28.1 Å². The average Bonchev–Trinajstić information content (AvgIpc) is 3.25. The van der Waals surface area contributed by atoms with Gasteiger partial charge in [-0.15, -0.1) is 17.8 Å². The van der Waals surface area contributed by atoms with Crippen molar-refractivity contribution in [2.24, 2.45) is 5.73 Å². The molecule has 0 aliphatic rings. The molecular formula is C23H22F2N4O2S. The zero-order valence-electron chi connectivity index (χ0n) is 17.5. The Hall–Kier alpha value is -3.48. The van der Waals surface area contributed by atoms with E-state index in [0.29, 0.717) is 24.5 Å². The Labute approximate surface area is 188 Å². The van der Waals surface area contributed by atoms with Crippen LogP contribution in [0.3, 0.4) is 0 Å². The summed E-state index contributed by atoms with van der Waals surface area (Å²) < 4.78 is 34.0. The maximum atomic E-state index is 14.4. The van der Waals surface area contributed by atoms with E-state index >= 15 is 0 Å². The van der Waals surface area contributed by atoms with E-state index in [-0.39, 0.29) is 10.8 Å². The number of nitrogens with one attached hydrogen (secondary N) is 2. The summed E-state index contributed by atoms with van der Waals surface area (Å²) in [7, 11) is 1.57. The van der Waals surface area contributed by atoms with E-state index in [1.54, 1.807) is 24.6 Å². The lowest BCUT2D eigenvalue weighted by Crippen LogP contribution is -2.22. The van der Waals surface area contributed by atoms with E-state index in [1.807, 2.05) is 19.1 Å². The Morgan fingerprint density at radius 1 is 1.28 bits per heavy atom. The summed E-state index contributed by atoms with van der Waals surface area (Å²) in [4.78, 5) is 16.9. The van der Waals surface area contributed by atoms with Crippen molar-refractivity contribution in [2.75, 3.05) is 30.8 Å². The molecule has 1 amide bonds. The molecule has 0 unspecified atom stereocenters. The molecule has 1 atom stereocenters. The Bertz CT molecular complexity index is 1130. The lowest BCUT2D eigenvalue weighted by molar-refractivity contribution is 0.101. The number of amides is 1. The van der Waals surface area contributed by atoms with Crippen molar-refractivity contribution in [1.82, 2.24) is 4.98 Å². The second-order valence-electron chi connectivity index (χ2n) is 7.02. The fourth-order valence-corrected chi connectivity index (χ4v) is 3.87. The van der Waals surface area contributed by atoms with Crippen molar-refractivity contribution < 1.29 is 18.3 Å². The summed E-state index contributed by atoms with van der Waals surface area (Å²) in [6.07, 6.45) is 5.81. The number of benzene rings is 2. The molecule has 1 aromatic heterocycles. The van der Waals surface area contributed by atoms with Crippen LogP contribution < -0.4 is 21.1 Å². The molecule has 166 valence electrons. The van der Waals surface area contributed by atoms with Crippen LogP contribution in [0.15, 0.2) is 41.8 Å². The zero-order chi connectivity index (χ0) is 23.3. The number of nitrogens with two attached hydrogens (primary N) is 1. The molecule has 0 saturated carbocycles. The van der Waals surface area contributed by atoms with Gasteiger partial charge in [0.25, 0.3) is 5.91 Å². The molecule has 9 heteroatoms. The molecule has 3 aromatic rings. The van der Waals surface area contributed by atoms with Gasteiger partial charge in [-0.3, -0.25) is 10.1 Å². The fourth-order valence-electron chi connectivity index (χ4n) is 3.06. The maximum absolute atomic E-state index is 14.4. The smallest absolute Gasteiger partial charge is 0.263 e. The number of nitrogens with zero attached hydrogens (tertiary/aromatic N) is 1. The van der Waals surface area contributed by atoms with Crippen LogP contribution >= 0.6 is 11.3 Å². The maximum Gasteiger partial charge on any atom is 0.263 e. The standard InChI is InChI=1S/C23H22F2N4O2S/c1-4-23(2,14-5-7-16(31-3)8-6-14)19-13-32-22(28-19)29-21(30)20-17(24)11-15(12-18(20)25)27-10-9-26/h1,5-8,11-13,27H,9-10,26H2,2-3H3,(H,28,29,30)/t23-/m0/s1. The van der Waals surface area contributed by atoms with Gasteiger partial charge in [-0.1, -0.05) is 18.1 Å². The molecule has 0 bridgehead atoms. The Balaban J connectivity index is 1.82. The molecule has 4 N–H and O–H groups in total. The molecule has 0 aliphatic carbocycles. The second kappa shape index (κ2) is 9.77. The number of methoxy groups -OCH3 is 1. The van der Waals surface area contributed by atoms with Gasteiger partial charge >= 0.3 is 0 Å². The van der Waals surface area contributed by atoms with Crippen molar-refractivity contribution in [1.29, 1.82) is 0 Å². The highest BCUT2D eigenvalue weighted by Crippen LogP contribution is 2.34. The summed E-state index contributed by atoms with van der Waals surface area (Å²) in [6, 6.07) is 9.33. The quantitative estimate of drug-likeness (QED) is 0.446. The molecule has 0 spiro atoms. The first-order chi connectivity index (χ1) is 15.3. The van der Waals surface area contributed by atoms with Crippen molar-refractivity contribution in [3.63, 3.8) is 0 Å². The van der Waals surface area contributed by atoms with E-state index in [4.69, 9.17) is 16.9 Å². The number of carbonyl (C=O) groups is 1. The predicted molar refractivity (Wildman–Crippen MR) is 122 cm³/mol. The molecule has 32 heavy (non-hydrogen) atoms. The first-order valence-electron chi connectivity index (χ1n) is 9.65. The highest BCUT2D eigenvalue weighted by molar-refractivity contribution is 7.14. The molecule has 0 fully saturated rings.